The number of carbonyl (C=O) groups is 1. The second kappa shape index (κ2) is 7.89. The molecule has 23 heavy (non-hydrogen) atoms. The fraction of sp³-hybridized carbons (Fsp3) is 0.118. The van der Waals surface area contributed by atoms with Crippen LogP contribution < -0.4 is 5.32 Å². The molecule has 1 aromatic carbocycles. The Bertz CT molecular complexity index is 760. The Hall–Kier alpha value is -2.18. The predicted octanol–water partition coefficient (Wildman–Crippen LogP) is 4.08. The van der Waals surface area contributed by atoms with Gasteiger partial charge in [0.2, 0.25) is 5.91 Å². The average Bonchev–Trinajstić information content (AvgIpc) is 3.05. The Kier molecular flexibility index (Phi) is 5.39. The highest BCUT2D eigenvalue weighted by atomic mass is 32.2. The van der Waals surface area contributed by atoms with Gasteiger partial charge in [-0.2, -0.15) is 0 Å². The minimum atomic E-state index is -0.0296. The SMILES string of the molecule is O=C(CSCc1ccccc1)Nc1nc(-c2cccnc2)cs1. The highest BCUT2D eigenvalue weighted by Gasteiger charge is 2.08. The molecule has 0 saturated carbocycles. The zero-order chi connectivity index (χ0) is 15.9. The molecule has 0 aliphatic heterocycles. The molecular weight excluding hydrogens is 326 g/mol. The van der Waals surface area contributed by atoms with Gasteiger partial charge >= 0.3 is 0 Å². The van der Waals surface area contributed by atoms with Crippen LogP contribution in [0.3, 0.4) is 0 Å². The summed E-state index contributed by atoms with van der Waals surface area (Å²) in [6.07, 6.45) is 3.49. The molecule has 0 atom stereocenters. The molecule has 0 aliphatic rings. The first kappa shape index (κ1) is 15.7. The van der Waals surface area contributed by atoms with Crippen molar-refractivity contribution < 1.29 is 4.79 Å². The van der Waals surface area contributed by atoms with Crippen molar-refractivity contribution in [3.63, 3.8) is 0 Å². The Balaban J connectivity index is 1.49. The first-order valence-corrected chi connectivity index (χ1v) is 9.12. The fourth-order valence-corrected chi connectivity index (χ4v) is 3.49. The van der Waals surface area contributed by atoms with Crippen molar-refractivity contribution in [3.8, 4) is 11.3 Å². The lowest BCUT2D eigenvalue weighted by Gasteiger charge is -2.02. The van der Waals surface area contributed by atoms with Crippen molar-refractivity contribution in [1.29, 1.82) is 0 Å². The smallest absolute Gasteiger partial charge is 0.236 e. The summed E-state index contributed by atoms with van der Waals surface area (Å²) in [6, 6.07) is 13.9. The minimum Gasteiger partial charge on any atom is -0.301 e. The molecule has 2 heterocycles. The van der Waals surface area contributed by atoms with Gasteiger partial charge in [0.15, 0.2) is 5.13 Å². The van der Waals surface area contributed by atoms with Crippen LogP contribution >= 0.6 is 23.1 Å². The summed E-state index contributed by atoms with van der Waals surface area (Å²) in [4.78, 5) is 20.5. The average molecular weight is 341 g/mol. The van der Waals surface area contributed by atoms with Crippen LogP contribution in [-0.4, -0.2) is 21.6 Å². The van der Waals surface area contributed by atoms with Crippen LogP contribution in [0.15, 0.2) is 60.2 Å². The number of hydrogen-bond donors (Lipinski definition) is 1. The molecular formula is C17H15N3OS2. The molecule has 2 aromatic heterocycles. The summed E-state index contributed by atoms with van der Waals surface area (Å²) in [5, 5.41) is 5.39. The Morgan fingerprint density at radius 1 is 1.17 bits per heavy atom. The summed E-state index contributed by atoms with van der Waals surface area (Å²) in [5.41, 5.74) is 3.00. The van der Waals surface area contributed by atoms with E-state index in [0.717, 1.165) is 17.0 Å². The number of thioether (sulfide) groups is 1. The lowest BCUT2D eigenvalue weighted by atomic mass is 10.2. The Morgan fingerprint density at radius 3 is 2.83 bits per heavy atom. The van der Waals surface area contributed by atoms with Gasteiger partial charge in [0, 0.05) is 29.1 Å². The number of hydrogen-bond acceptors (Lipinski definition) is 5. The molecule has 3 aromatic rings. The quantitative estimate of drug-likeness (QED) is 0.734. The molecule has 6 heteroatoms. The monoisotopic (exact) mass is 341 g/mol. The van der Waals surface area contributed by atoms with E-state index in [1.54, 1.807) is 24.2 Å². The van der Waals surface area contributed by atoms with Gasteiger partial charge in [-0.15, -0.1) is 23.1 Å². The van der Waals surface area contributed by atoms with E-state index in [2.05, 4.69) is 27.4 Å². The number of anilines is 1. The van der Waals surface area contributed by atoms with Gasteiger partial charge in [0.05, 0.1) is 11.4 Å². The number of nitrogens with zero attached hydrogens (tertiary/aromatic N) is 2. The van der Waals surface area contributed by atoms with Crippen LogP contribution in [0.1, 0.15) is 5.56 Å². The second-order valence-electron chi connectivity index (χ2n) is 4.81. The maximum absolute atomic E-state index is 12.0. The molecule has 1 N–H and O–H groups in total. The molecule has 0 saturated heterocycles. The van der Waals surface area contributed by atoms with Crippen molar-refractivity contribution in [2.24, 2.45) is 0 Å². The van der Waals surface area contributed by atoms with Crippen LogP contribution in [0, 0.1) is 0 Å². The van der Waals surface area contributed by atoms with Crippen LogP contribution in [-0.2, 0) is 10.5 Å². The molecule has 0 unspecified atom stereocenters. The van der Waals surface area contributed by atoms with E-state index in [-0.39, 0.29) is 5.91 Å². The van der Waals surface area contributed by atoms with Crippen molar-refractivity contribution in [1.82, 2.24) is 9.97 Å². The summed E-state index contributed by atoms with van der Waals surface area (Å²) in [7, 11) is 0. The molecule has 0 radical (unpaired) electrons. The fourth-order valence-electron chi connectivity index (χ4n) is 1.97. The van der Waals surface area contributed by atoms with Crippen LogP contribution in [0.25, 0.3) is 11.3 Å². The topological polar surface area (TPSA) is 54.9 Å². The Morgan fingerprint density at radius 2 is 2.04 bits per heavy atom. The highest BCUT2D eigenvalue weighted by molar-refractivity contribution is 7.99. The standard InChI is InChI=1S/C17H15N3OS2/c21-16(12-22-10-13-5-2-1-3-6-13)20-17-19-15(11-23-17)14-7-4-8-18-9-14/h1-9,11H,10,12H2,(H,19,20,21). The van der Waals surface area contributed by atoms with Gasteiger partial charge < -0.3 is 5.32 Å². The van der Waals surface area contributed by atoms with E-state index < -0.39 is 0 Å². The summed E-state index contributed by atoms with van der Waals surface area (Å²) >= 11 is 3.01. The third kappa shape index (κ3) is 4.64. The van der Waals surface area contributed by atoms with Crippen molar-refractivity contribution in [2.75, 3.05) is 11.1 Å². The molecule has 1 amide bonds. The summed E-state index contributed by atoms with van der Waals surface area (Å²) in [5.74, 6) is 1.21. The Labute approximate surface area is 143 Å². The number of thiazole rings is 1. The maximum atomic E-state index is 12.0. The number of aromatic nitrogens is 2. The molecule has 116 valence electrons. The largest absolute Gasteiger partial charge is 0.301 e. The van der Waals surface area contributed by atoms with Gasteiger partial charge in [0.1, 0.15) is 0 Å². The maximum Gasteiger partial charge on any atom is 0.236 e. The zero-order valence-electron chi connectivity index (χ0n) is 12.3. The van der Waals surface area contributed by atoms with Crippen molar-refractivity contribution in [2.45, 2.75) is 5.75 Å². The molecule has 0 fully saturated rings. The number of carbonyl (C=O) groups excluding carboxylic acids is 1. The van der Waals surface area contributed by atoms with E-state index in [1.807, 2.05) is 35.7 Å². The third-order valence-electron chi connectivity index (χ3n) is 3.05. The van der Waals surface area contributed by atoms with E-state index in [1.165, 1.54) is 16.9 Å². The minimum absolute atomic E-state index is 0.0296. The number of amides is 1. The number of pyridine rings is 1. The second-order valence-corrected chi connectivity index (χ2v) is 6.65. The molecule has 3 rings (SSSR count). The molecule has 0 spiro atoms. The van der Waals surface area contributed by atoms with Crippen LogP contribution in [0.5, 0.6) is 0 Å². The first-order valence-electron chi connectivity index (χ1n) is 7.09. The molecule has 0 bridgehead atoms. The highest BCUT2D eigenvalue weighted by Crippen LogP contribution is 2.24. The van der Waals surface area contributed by atoms with Crippen LogP contribution in [0.2, 0.25) is 0 Å². The van der Waals surface area contributed by atoms with Gasteiger partial charge in [-0.25, -0.2) is 4.98 Å². The van der Waals surface area contributed by atoms with Crippen molar-refractivity contribution >= 4 is 34.1 Å². The lowest BCUT2D eigenvalue weighted by Crippen LogP contribution is -2.13. The molecule has 4 nitrogen and oxygen atoms in total. The van der Waals surface area contributed by atoms with Crippen molar-refractivity contribution in [3.05, 3.63) is 65.8 Å². The number of nitrogens with one attached hydrogen (secondary N) is 1. The third-order valence-corrected chi connectivity index (χ3v) is 4.81. The summed E-state index contributed by atoms with van der Waals surface area (Å²) < 4.78 is 0. The molecule has 0 aliphatic carbocycles. The van der Waals surface area contributed by atoms with Gasteiger partial charge in [-0.1, -0.05) is 30.3 Å². The van der Waals surface area contributed by atoms with E-state index >= 15 is 0 Å². The van der Waals surface area contributed by atoms with E-state index in [4.69, 9.17) is 0 Å². The van der Waals surface area contributed by atoms with Gasteiger partial charge in [-0.3, -0.25) is 9.78 Å². The van der Waals surface area contributed by atoms with E-state index in [9.17, 15) is 4.79 Å². The summed E-state index contributed by atoms with van der Waals surface area (Å²) in [6.45, 7) is 0. The van der Waals surface area contributed by atoms with Gasteiger partial charge in [-0.05, 0) is 17.7 Å². The number of rotatable bonds is 6. The number of benzene rings is 1. The van der Waals surface area contributed by atoms with Gasteiger partial charge in [0.25, 0.3) is 0 Å². The van der Waals surface area contributed by atoms with E-state index in [0.29, 0.717) is 10.9 Å². The lowest BCUT2D eigenvalue weighted by molar-refractivity contribution is -0.113. The predicted molar refractivity (Wildman–Crippen MR) is 96.6 cm³/mol. The normalized spacial score (nSPS) is 10.4. The van der Waals surface area contributed by atoms with Crippen LogP contribution in [0.4, 0.5) is 5.13 Å². The zero-order valence-corrected chi connectivity index (χ0v) is 13.9. The first-order chi connectivity index (χ1) is 11.3.